The minimum absolute atomic E-state index is 0.0920. The topological polar surface area (TPSA) is 114 Å². The number of halogens is 1. The van der Waals surface area contributed by atoms with Crippen LogP contribution in [0.2, 0.25) is 0 Å². The summed E-state index contributed by atoms with van der Waals surface area (Å²) in [5, 5.41) is 2.93. The Kier molecular flexibility index (Phi) is 12.5. The largest absolute Gasteiger partial charge is 0.494 e. The molecule has 3 rings (SSSR count). The maximum absolute atomic E-state index is 14.2. The van der Waals surface area contributed by atoms with Gasteiger partial charge in [-0.25, -0.2) is 8.42 Å². The molecule has 2 atom stereocenters. The van der Waals surface area contributed by atoms with Gasteiger partial charge in [-0.1, -0.05) is 35.0 Å². The molecule has 0 saturated heterocycles. The highest BCUT2D eigenvalue weighted by Crippen LogP contribution is 2.33. The standard InChI is InChI=1S/C32H40BrN3O7S/c1-7-22(3)34-32(38)23(4)35(20-24-9-11-25(33)12-10-24)31(37)21-36(26-13-15-27(16-14-26)43-8-2)44(39,40)28-17-18-29(41-5)30(19-28)42-6/h9-19,22-23H,7-8,20-21H2,1-6H3,(H,34,38). The van der Waals surface area contributed by atoms with E-state index in [1.54, 1.807) is 31.2 Å². The van der Waals surface area contributed by atoms with Gasteiger partial charge in [0, 0.05) is 23.1 Å². The number of methoxy groups -OCH3 is 2. The fourth-order valence-electron chi connectivity index (χ4n) is 4.34. The average Bonchev–Trinajstić information content (AvgIpc) is 3.02. The van der Waals surface area contributed by atoms with Gasteiger partial charge in [0.05, 0.1) is 31.4 Å². The third kappa shape index (κ3) is 8.66. The first-order chi connectivity index (χ1) is 20.9. The van der Waals surface area contributed by atoms with Crippen LogP contribution in [-0.4, -0.2) is 64.6 Å². The van der Waals surface area contributed by atoms with E-state index < -0.39 is 28.5 Å². The molecule has 0 saturated carbocycles. The maximum Gasteiger partial charge on any atom is 0.264 e. The summed E-state index contributed by atoms with van der Waals surface area (Å²) in [6, 6.07) is 17.1. The molecule has 12 heteroatoms. The van der Waals surface area contributed by atoms with E-state index >= 15 is 0 Å². The number of nitrogens with one attached hydrogen (secondary N) is 1. The van der Waals surface area contributed by atoms with E-state index in [2.05, 4.69) is 21.2 Å². The summed E-state index contributed by atoms with van der Waals surface area (Å²) in [7, 11) is -1.45. The summed E-state index contributed by atoms with van der Waals surface area (Å²) in [6.07, 6.45) is 0.716. The van der Waals surface area contributed by atoms with Crippen LogP contribution in [0.25, 0.3) is 0 Å². The number of ether oxygens (including phenoxy) is 3. The highest BCUT2D eigenvalue weighted by Gasteiger charge is 2.33. The van der Waals surface area contributed by atoms with Crippen LogP contribution >= 0.6 is 15.9 Å². The van der Waals surface area contributed by atoms with Gasteiger partial charge in [0.1, 0.15) is 18.3 Å². The van der Waals surface area contributed by atoms with Crippen molar-refractivity contribution in [3.63, 3.8) is 0 Å². The van der Waals surface area contributed by atoms with Crippen LogP contribution in [0.3, 0.4) is 0 Å². The summed E-state index contributed by atoms with van der Waals surface area (Å²) < 4.78 is 46.4. The summed E-state index contributed by atoms with van der Waals surface area (Å²) >= 11 is 3.42. The van der Waals surface area contributed by atoms with Crippen molar-refractivity contribution in [1.29, 1.82) is 0 Å². The predicted octanol–water partition coefficient (Wildman–Crippen LogP) is 5.39. The van der Waals surface area contributed by atoms with E-state index in [-0.39, 0.29) is 34.8 Å². The normalized spacial score (nSPS) is 12.5. The number of amides is 2. The molecule has 0 fully saturated rings. The van der Waals surface area contributed by atoms with E-state index in [0.29, 0.717) is 24.5 Å². The number of sulfonamides is 1. The highest BCUT2D eigenvalue weighted by molar-refractivity contribution is 9.10. The Balaban J connectivity index is 2.07. The molecule has 0 aliphatic carbocycles. The fourth-order valence-corrected chi connectivity index (χ4v) is 6.04. The molecule has 10 nitrogen and oxygen atoms in total. The van der Waals surface area contributed by atoms with Crippen LogP contribution in [0.1, 0.15) is 39.7 Å². The van der Waals surface area contributed by atoms with E-state index in [1.165, 1.54) is 37.3 Å². The Hall–Kier alpha value is -3.77. The second kappa shape index (κ2) is 15.8. The van der Waals surface area contributed by atoms with Crippen molar-refractivity contribution in [2.75, 3.05) is 31.7 Å². The zero-order valence-corrected chi connectivity index (χ0v) is 28.3. The number of hydrogen-bond acceptors (Lipinski definition) is 7. The third-order valence-corrected chi connectivity index (χ3v) is 9.39. The second-order valence-corrected chi connectivity index (χ2v) is 12.9. The molecule has 3 aromatic carbocycles. The predicted molar refractivity (Wildman–Crippen MR) is 174 cm³/mol. The van der Waals surface area contributed by atoms with Crippen molar-refractivity contribution in [2.45, 2.75) is 57.6 Å². The van der Waals surface area contributed by atoms with Gasteiger partial charge in [-0.2, -0.15) is 0 Å². The molecule has 1 N–H and O–H groups in total. The quantitative estimate of drug-likeness (QED) is 0.228. The average molecular weight is 691 g/mol. The monoisotopic (exact) mass is 689 g/mol. The third-order valence-electron chi connectivity index (χ3n) is 7.09. The van der Waals surface area contributed by atoms with Gasteiger partial charge in [-0.3, -0.25) is 13.9 Å². The Morgan fingerprint density at radius 2 is 1.55 bits per heavy atom. The molecule has 238 valence electrons. The van der Waals surface area contributed by atoms with Crippen molar-refractivity contribution in [3.8, 4) is 17.2 Å². The molecule has 0 radical (unpaired) electrons. The van der Waals surface area contributed by atoms with Gasteiger partial charge < -0.3 is 24.4 Å². The van der Waals surface area contributed by atoms with Gasteiger partial charge in [-0.05, 0) is 81.3 Å². The number of benzene rings is 3. The van der Waals surface area contributed by atoms with Crippen molar-refractivity contribution < 1.29 is 32.2 Å². The second-order valence-electron chi connectivity index (χ2n) is 10.1. The molecule has 0 aliphatic rings. The van der Waals surface area contributed by atoms with Crippen LogP contribution < -0.4 is 23.8 Å². The van der Waals surface area contributed by atoms with Gasteiger partial charge in [0.15, 0.2) is 11.5 Å². The lowest BCUT2D eigenvalue weighted by Crippen LogP contribution is -2.52. The Morgan fingerprint density at radius 1 is 0.909 bits per heavy atom. The van der Waals surface area contributed by atoms with Crippen LogP contribution in [-0.2, 0) is 26.2 Å². The smallest absolute Gasteiger partial charge is 0.264 e. The van der Waals surface area contributed by atoms with Crippen LogP contribution in [0.4, 0.5) is 5.69 Å². The van der Waals surface area contributed by atoms with Crippen LogP contribution in [0, 0.1) is 0 Å². The van der Waals surface area contributed by atoms with Crippen molar-refractivity contribution in [1.82, 2.24) is 10.2 Å². The lowest BCUT2D eigenvalue weighted by atomic mass is 10.1. The lowest BCUT2D eigenvalue weighted by Gasteiger charge is -2.32. The van der Waals surface area contributed by atoms with Crippen molar-refractivity contribution >= 4 is 43.5 Å². The molecule has 0 heterocycles. The molecular weight excluding hydrogens is 650 g/mol. The highest BCUT2D eigenvalue weighted by atomic mass is 79.9. The van der Waals surface area contributed by atoms with Gasteiger partial charge in [0.2, 0.25) is 11.8 Å². The molecule has 0 spiro atoms. The van der Waals surface area contributed by atoms with Gasteiger partial charge >= 0.3 is 0 Å². The zero-order valence-electron chi connectivity index (χ0n) is 25.9. The summed E-state index contributed by atoms with van der Waals surface area (Å²) in [5.41, 5.74) is 1.02. The molecule has 0 bridgehead atoms. The Bertz CT molecular complexity index is 1520. The van der Waals surface area contributed by atoms with Crippen molar-refractivity contribution in [2.24, 2.45) is 0 Å². The van der Waals surface area contributed by atoms with Gasteiger partial charge in [0.25, 0.3) is 10.0 Å². The molecule has 0 aliphatic heterocycles. The minimum atomic E-state index is -4.31. The SMILES string of the molecule is CCOc1ccc(N(CC(=O)N(Cc2ccc(Br)cc2)C(C)C(=O)NC(C)CC)S(=O)(=O)c2ccc(OC)c(OC)c2)cc1. The van der Waals surface area contributed by atoms with E-state index in [9.17, 15) is 18.0 Å². The number of hydrogen-bond donors (Lipinski definition) is 1. The minimum Gasteiger partial charge on any atom is -0.494 e. The molecule has 2 unspecified atom stereocenters. The molecule has 3 aromatic rings. The zero-order chi connectivity index (χ0) is 32.4. The number of anilines is 1. The number of nitrogens with zero attached hydrogens (tertiary/aromatic N) is 2. The summed E-state index contributed by atoms with van der Waals surface area (Å²) in [4.78, 5) is 28.7. The first-order valence-corrected chi connectivity index (χ1v) is 16.5. The first kappa shape index (κ1) is 34.7. The van der Waals surface area contributed by atoms with Crippen LogP contribution in [0.5, 0.6) is 17.2 Å². The molecular formula is C32H40BrN3O7S. The van der Waals surface area contributed by atoms with E-state index in [0.717, 1.165) is 14.3 Å². The first-order valence-electron chi connectivity index (χ1n) is 14.3. The van der Waals surface area contributed by atoms with Crippen molar-refractivity contribution in [3.05, 3.63) is 76.8 Å². The number of carbonyl (C=O) groups is 2. The summed E-state index contributed by atoms with van der Waals surface area (Å²) in [5.74, 6) is 0.242. The van der Waals surface area contributed by atoms with Crippen LogP contribution in [0.15, 0.2) is 76.1 Å². The van der Waals surface area contributed by atoms with E-state index in [4.69, 9.17) is 14.2 Å². The number of rotatable bonds is 15. The lowest BCUT2D eigenvalue weighted by molar-refractivity contribution is -0.139. The number of carbonyl (C=O) groups excluding carboxylic acids is 2. The Morgan fingerprint density at radius 3 is 2.11 bits per heavy atom. The maximum atomic E-state index is 14.2. The molecule has 44 heavy (non-hydrogen) atoms. The molecule has 2 amide bonds. The summed E-state index contributed by atoms with van der Waals surface area (Å²) in [6.45, 7) is 7.28. The van der Waals surface area contributed by atoms with E-state index in [1.807, 2.05) is 45.0 Å². The molecule has 0 aromatic heterocycles. The fraction of sp³-hybridized carbons (Fsp3) is 0.375. The van der Waals surface area contributed by atoms with Gasteiger partial charge in [-0.15, -0.1) is 0 Å². The Labute approximate surface area is 268 Å².